The van der Waals surface area contributed by atoms with Crippen LogP contribution in [0.2, 0.25) is 10.0 Å². The molecule has 0 spiro atoms. The second-order valence-electron chi connectivity index (χ2n) is 4.75. The maximum absolute atomic E-state index is 13.5. The van der Waals surface area contributed by atoms with Gasteiger partial charge in [0.25, 0.3) is 0 Å². The van der Waals surface area contributed by atoms with E-state index in [0.29, 0.717) is 5.56 Å². The van der Waals surface area contributed by atoms with Crippen molar-refractivity contribution >= 4 is 34.9 Å². The molecule has 0 saturated heterocycles. The van der Waals surface area contributed by atoms with E-state index in [1.54, 1.807) is 6.07 Å². The summed E-state index contributed by atoms with van der Waals surface area (Å²) in [7, 11) is 0. The van der Waals surface area contributed by atoms with E-state index in [1.165, 1.54) is 25.1 Å². The Balaban J connectivity index is 2.02. The van der Waals surface area contributed by atoms with Crippen molar-refractivity contribution in [2.24, 2.45) is 0 Å². The summed E-state index contributed by atoms with van der Waals surface area (Å²) in [6.07, 6.45) is -1.15. The minimum absolute atomic E-state index is 0.150. The fourth-order valence-electron chi connectivity index (χ4n) is 1.70. The molecule has 24 heavy (non-hydrogen) atoms. The first-order valence-corrected chi connectivity index (χ1v) is 7.43. The Morgan fingerprint density at radius 2 is 2.04 bits per heavy atom. The Hall–Kier alpha value is -2.12. The Labute approximate surface area is 146 Å². The van der Waals surface area contributed by atoms with Crippen LogP contribution >= 0.6 is 23.2 Å². The molecule has 1 atom stereocenters. The molecule has 0 bridgehead atoms. The number of anilines is 1. The topological polar surface area (TPSA) is 74.4 Å². The van der Waals surface area contributed by atoms with Crippen LogP contribution in [-0.2, 0) is 16.1 Å². The number of nitrogen functional groups attached to an aromatic ring is 1. The van der Waals surface area contributed by atoms with Crippen molar-refractivity contribution < 1.29 is 23.0 Å². The van der Waals surface area contributed by atoms with Crippen molar-refractivity contribution in [1.82, 2.24) is 4.98 Å². The highest BCUT2D eigenvalue weighted by molar-refractivity contribution is 6.39. The average molecular weight is 377 g/mol. The SMILES string of the molecule is C[C@@H](Oc1nc(F)c(Cl)c(N)c1Cl)C(=O)OCc1cccc(F)c1. The highest BCUT2D eigenvalue weighted by Gasteiger charge is 2.22. The summed E-state index contributed by atoms with van der Waals surface area (Å²) in [5.74, 6) is -2.68. The van der Waals surface area contributed by atoms with Gasteiger partial charge < -0.3 is 15.2 Å². The van der Waals surface area contributed by atoms with E-state index in [4.69, 9.17) is 38.4 Å². The first-order valence-electron chi connectivity index (χ1n) is 6.67. The van der Waals surface area contributed by atoms with Crippen LogP contribution in [0.1, 0.15) is 12.5 Å². The number of benzene rings is 1. The van der Waals surface area contributed by atoms with Crippen molar-refractivity contribution in [2.45, 2.75) is 19.6 Å². The number of carbonyl (C=O) groups is 1. The van der Waals surface area contributed by atoms with Crippen molar-refractivity contribution in [1.29, 1.82) is 0 Å². The van der Waals surface area contributed by atoms with Crippen LogP contribution < -0.4 is 10.5 Å². The zero-order valence-electron chi connectivity index (χ0n) is 12.4. The van der Waals surface area contributed by atoms with Gasteiger partial charge in [-0.1, -0.05) is 35.3 Å². The second-order valence-corrected chi connectivity index (χ2v) is 5.50. The average Bonchev–Trinajstić information content (AvgIpc) is 2.55. The number of halogens is 4. The van der Waals surface area contributed by atoms with Crippen molar-refractivity contribution in [3.63, 3.8) is 0 Å². The second kappa shape index (κ2) is 7.63. The van der Waals surface area contributed by atoms with Gasteiger partial charge in [0.15, 0.2) is 6.10 Å². The molecule has 0 saturated carbocycles. The van der Waals surface area contributed by atoms with Crippen LogP contribution in [0, 0.1) is 11.8 Å². The summed E-state index contributed by atoms with van der Waals surface area (Å²) in [5, 5.41) is -0.653. The molecule has 0 fully saturated rings. The van der Waals surface area contributed by atoms with Gasteiger partial charge in [-0.25, -0.2) is 9.18 Å². The number of aromatic nitrogens is 1. The van der Waals surface area contributed by atoms with Gasteiger partial charge in [-0.15, -0.1) is 0 Å². The number of pyridine rings is 1. The van der Waals surface area contributed by atoms with Gasteiger partial charge >= 0.3 is 5.97 Å². The van der Waals surface area contributed by atoms with Gasteiger partial charge in [-0.05, 0) is 24.6 Å². The monoisotopic (exact) mass is 376 g/mol. The molecule has 0 amide bonds. The molecule has 128 valence electrons. The van der Waals surface area contributed by atoms with Gasteiger partial charge in [0.05, 0.1) is 5.69 Å². The minimum Gasteiger partial charge on any atom is -0.461 e. The minimum atomic E-state index is -1.15. The molecular formula is C15H12Cl2F2N2O3. The lowest BCUT2D eigenvalue weighted by molar-refractivity contribution is -0.152. The van der Waals surface area contributed by atoms with Crippen molar-refractivity contribution in [2.75, 3.05) is 5.73 Å². The number of nitrogens with zero attached hydrogens (tertiary/aromatic N) is 1. The predicted octanol–water partition coefficient (Wildman–Crippen LogP) is 3.76. The number of esters is 1. The van der Waals surface area contributed by atoms with E-state index in [2.05, 4.69) is 4.98 Å². The first-order chi connectivity index (χ1) is 11.3. The smallest absolute Gasteiger partial charge is 0.347 e. The largest absolute Gasteiger partial charge is 0.461 e. The lowest BCUT2D eigenvalue weighted by Gasteiger charge is -2.15. The third kappa shape index (κ3) is 4.24. The normalized spacial score (nSPS) is 11.9. The molecule has 9 heteroatoms. The van der Waals surface area contributed by atoms with Gasteiger partial charge in [-0.2, -0.15) is 9.37 Å². The lowest BCUT2D eigenvalue weighted by Crippen LogP contribution is -2.26. The molecule has 0 aliphatic carbocycles. The maximum atomic E-state index is 13.5. The molecule has 2 N–H and O–H groups in total. The van der Waals surface area contributed by atoms with Gasteiger partial charge in [-0.3, -0.25) is 0 Å². The van der Waals surface area contributed by atoms with Crippen LogP contribution in [0.15, 0.2) is 24.3 Å². The van der Waals surface area contributed by atoms with E-state index in [1.807, 2.05) is 0 Å². The molecule has 5 nitrogen and oxygen atoms in total. The molecular weight excluding hydrogens is 365 g/mol. The Kier molecular flexibility index (Phi) is 5.80. The summed E-state index contributed by atoms with van der Waals surface area (Å²) in [6.45, 7) is 1.21. The third-order valence-corrected chi connectivity index (χ3v) is 3.66. The molecule has 1 aromatic heterocycles. The van der Waals surface area contributed by atoms with Crippen LogP contribution in [0.5, 0.6) is 5.88 Å². The molecule has 1 heterocycles. The fourth-order valence-corrected chi connectivity index (χ4v) is 2.07. The number of hydrogen-bond acceptors (Lipinski definition) is 5. The van der Waals surface area contributed by atoms with Gasteiger partial charge in [0.2, 0.25) is 11.8 Å². The van der Waals surface area contributed by atoms with Crippen LogP contribution in [-0.4, -0.2) is 17.1 Å². The van der Waals surface area contributed by atoms with Crippen LogP contribution in [0.4, 0.5) is 14.5 Å². The number of rotatable bonds is 5. The first kappa shape index (κ1) is 18.2. The van der Waals surface area contributed by atoms with Crippen molar-refractivity contribution in [3.8, 4) is 5.88 Å². The molecule has 2 rings (SSSR count). The summed E-state index contributed by atoms with van der Waals surface area (Å²) in [6, 6.07) is 5.58. The summed E-state index contributed by atoms with van der Waals surface area (Å²) in [4.78, 5) is 15.3. The van der Waals surface area contributed by atoms with E-state index >= 15 is 0 Å². The Morgan fingerprint density at radius 3 is 2.71 bits per heavy atom. The number of nitrogens with two attached hydrogens (primary N) is 1. The van der Waals surface area contributed by atoms with E-state index < -0.39 is 28.9 Å². The number of carbonyl (C=O) groups excluding carboxylic acids is 1. The fraction of sp³-hybridized carbons (Fsp3) is 0.200. The summed E-state index contributed by atoms with van der Waals surface area (Å²) < 4.78 is 36.7. The lowest BCUT2D eigenvalue weighted by atomic mass is 10.2. The van der Waals surface area contributed by atoms with Crippen molar-refractivity contribution in [3.05, 3.63) is 51.6 Å². The predicted molar refractivity (Wildman–Crippen MR) is 84.9 cm³/mol. The number of hydrogen-bond donors (Lipinski definition) is 1. The van der Waals surface area contributed by atoms with Gasteiger partial charge in [0, 0.05) is 0 Å². The van der Waals surface area contributed by atoms with Gasteiger partial charge in [0.1, 0.15) is 22.5 Å². The Morgan fingerprint density at radius 1 is 1.33 bits per heavy atom. The zero-order chi connectivity index (χ0) is 17.9. The number of ether oxygens (including phenoxy) is 2. The maximum Gasteiger partial charge on any atom is 0.347 e. The van der Waals surface area contributed by atoms with E-state index in [9.17, 15) is 13.6 Å². The van der Waals surface area contributed by atoms with E-state index in [-0.39, 0.29) is 23.2 Å². The molecule has 1 aromatic carbocycles. The molecule has 0 aliphatic heterocycles. The molecule has 0 unspecified atom stereocenters. The van der Waals surface area contributed by atoms with Crippen LogP contribution in [0.3, 0.4) is 0 Å². The highest BCUT2D eigenvalue weighted by atomic mass is 35.5. The highest BCUT2D eigenvalue weighted by Crippen LogP contribution is 2.35. The third-order valence-electron chi connectivity index (χ3n) is 2.93. The standard InChI is InChI=1S/C15H12Cl2F2N2O3/c1-7(15(22)23-6-8-3-2-4-9(18)5-8)24-14-11(17)12(20)10(16)13(19)21-14/h2-5,7H,6H2,1H3,(H2,20,21)/t7-/m1/s1. The van der Waals surface area contributed by atoms with E-state index in [0.717, 1.165) is 0 Å². The van der Waals surface area contributed by atoms with Crippen LogP contribution in [0.25, 0.3) is 0 Å². The quantitative estimate of drug-likeness (QED) is 0.635. The molecule has 2 aromatic rings. The summed E-state index contributed by atoms with van der Waals surface area (Å²) in [5.41, 5.74) is 5.73. The Bertz CT molecular complexity index is 775. The zero-order valence-corrected chi connectivity index (χ0v) is 13.9. The summed E-state index contributed by atoms with van der Waals surface area (Å²) >= 11 is 11.4. The molecule has 0 radical (unpaired) electrons. The molecule has 0 aliphatic rings.